The van der Waals surface area contributed by atoms with Gasteiger partial charge in [-0.1, -0.05) is 30.3 Å². The SMILES string of the molecule is N#Cc1ccccc1S(=O)(=O)N1CCN(C(=O)c2cc3ccccc3o2)CC1. The van der Waals surface area contributed by atoms with Crippen molar-refractivity contribution in [2.24, 2.45) is 0 Å². The van der Waals surface area contributed by atoms with E-state index in [2.05, 4.69) is 0 Å². The van der Waals surface area contributed by atoms with Crippen LogP contribution in [0.25, 0.3) is 11.0 Å². The molecule has 4 rings (SSSR count). The first kappa shape index (κ1) is 18.2. The lowest BCUT2D eigenvalue weighted by atomic mass is 10.2. The van der Waals surface area contributed by atoms with Gasteiger partial charge in [0.05, 0.1) is 10.5 Å². The standard InChI is InChI=1S/C20H17N3O4S/c21-14-16-6-2-4-8-19(16)28(25,26)23-11-9-22(10-12-23)20(24)18-13-15-5-1-3-7-17(15)27-18/h1-8,13H,9-12H2. The van der Waals surface area contributed by atoms with Gasteiger partial charge in [-0.25, -0.2) is 8.42 Å². The first-order valence-corrected chi connectivity index (χ1v) is 10.2. The zero-order valence-corrected chi connectivity index (χ0v) is 15.7. The van der Waals surface area contributed by atoms with Crippen LogP contribution in [-0.4, -0.2) is 49.7 Å². The fraction of sp³-hybridized carbons (Fsp3) is 0.200. The number of nitriles is 1. The summed E-state index contributed by atoms with van der Waals surface area (Å²) in [5, 5.41) is 10.0. The summed E-state index contributed by atoms with van der Waals surface area (Å²) in [5.41, 5.74) is 0.753. The van der Waals surface area contributed by atoms with E-state index in [1.54, 1.807) is 29.2 Å². The second-order valence-electron chi connectivity index (χ2n) is 6.45. The quantitative estimate of drug-likeness (QED) is 0.679. The predicted octanol–water partition coefficient (Wildman–Crippen LogP) is 2.45. The molecule has 1 amide bonds. The number of rotatable bonds is 3. The number of hydrogen-bond donors (Lipinski definition) is 0. The number of nitrogens with zero attached hydrogens (tertiary/aromatic N) is 3. The topological polar surface area (TPSA) is 94.6 Å². The summed E-state index contributed by atoms with van der Waals surface area (Å²) < 4.78 is 32.7. The van der Waals surface area contributed by atoms with Crippen LogP contribution in [0.2, 0.25) is 0 Å². The summed E-state index contributed by atoms with van der Waals surface area (Å²) in [6.45, 7) is 0.829. The molecule has 0 unspecified atom stereocenters. The van der Waals surface area contributed by atoms with E-state index in [0.717, 1.165) is 5.39 Å². The Hall–Kier alpha value is -3.15. The van der Waals surface area contributed by atoms with Crippen LogP contribution >= 0.6 is 0 Å². The second kappa shape index (κ2) is 7.11. The lowest BCUT2D eigenvalue weighted by molar-refractivity contribution is 0.0668. The molecule has 2 heterocycles. The number of amides is 1. The maximum atomic E-state index is 12.9. The summed E-state index contributed by atoms with van der Waals surface area (Å²) in [7, 11) is -3.79. The van der Waals surface area contributed by atoms with E-state index in [9.17, 15) is 18.5 Å². The van der Waals surface area contributed by atoms with Crippen molar-refractivity contribution in [2.75, 3.05) is 26.2 Å². The lowest BCUT2D eigenvalue weighted by Gasteiger charge is -2.33. The van der Waals surface area contributed by atoms with E-state index in [1.807, 2.05) is 24.3 Å². The Morgan fingerprint density at radius 1 is 1.00 bits per heavy atom. The molecule has 0 spiro atoms. The van der Waals surface area contributed by atoms with E-state index < -0.39 is 10.0 Å². The van der Waals surface area contributed by atoms with Gasteiger partial charge in [0.15, 0.2) is 5.76 Å². The predicted molar refractivity (Wildman–Crippen MR) is 102 cm³/mol. The molecule has 0 saturated carbocycles. The third kappa shape index (κ3) is 3.15. The Morgan fingerprint density at radius 2 is 1.68 bits per heavy atom. The van der Waals surface area contributed by atoms with Crippen LogP contribution in [0.5, 0.6) is 0 Å². The maximum absolute atomic E-state index is 12.9. The molecule has 3 aromatic rings. The normalized spacial score (nSPS) is 15.5. The smallest absolute Gasteiger partial charge is 0.289 e. The van der Waals surface area contributed by atoms with Crippen LogP contribution in [-0.2, 0) is 10.0 Å². The number of hydrogen-bond acceptors (Lipinski definition) is 5. The van der Waals surface area contributed by atoms with E-state index in [4.69, 9.17) is 4.42 Å². The van der Waals surface area contributed by atoms with Gasteiger partial charge in [-0.2, -0.15) is 9.57 Å². The van der Waals surface area contributed by atoms with Gasteiger partial charge in [0.1, 0.15) is 11.7 Å². The molecule has 0 atom stereocenters. The van der Waals surface area contributed by atoms with Gasteiger partial charge in [0, 0.05) is 31.6 Å². The molecule has 0 radical (unpaired) electrons. The van der Waals surface area contributed by atoms with Crippen molar-refractivity contribution in [3.8, 4) is 6.07 Å². The first-order chi connectivity index (χ1) is 13.5. The molecule has 1 fully saturated rings. The largest absolute Gasteiger partial charge is 0.451 e. The van der Waals surface area contributed by atoms with E-state index in [-0.39, 0.29) is 48.3 Å². The molecular weight excluding hydrogens is 378 g/mol. The second-order valence-corrected chi connectivity index (χ2v) is 8.36. The molecule has 1 aromatic heterocycles. The third-order valence-electron chi connectivity index (χ3n) is 4.79. The van der Waals surface area contributed by atoms with Crippen molar-refractivity contribution in [1.82, 2.24) is 9.21 Å². The number of carbonyl (C=O) groups excluding carboxylic acids is 1. The van der Waals surface area contributed by atoms with Crippen molar-refractivity contribution < 1.29 is 17.6 Å². The van der Waals surface area contributed by atoms with Gasteiger partial charge >= 0.3 is 0 Å². The molecule has 142 valence electrons. The Balaban J connectivity index is 1.50. The molecule has 0 N–H and O–H groups in total. The van der Waals surface area contributed by atoms with Crippen LogP contribution in [0, 0.1) is 11.3 Å². The number of carbonyl (C=O) groups is 1. The first-order valence-electron chi connectivity index (χ1n) is 8.78. The monoisotopic (exact) mass is 395 g/mol. The molecule has 8 heteroatoms. The summed E-state index contributed by atoms with van der Waals surface area (Å²) >= 11 is 0. The van der Waals surface area contributed by atoms with Gasteiger partial charge in [-0.05, 0) is 24.3 Å². The number of piperazine rings is 1. The Bertz CT molecular complexity index is 1150. The highest BCUT2D eigenvalue weighted by Gasteiger charge is 2.32. The molecule has 28 heavy (non-hydrogen) atoms. The van der Waals surface area contributed by atoms with Crippen molar-refractivity contribution in [2.45, 2.75) is 4.90 Å². The number of fused-ring (bicyclic) bond motifs is 1. The molecule has 1 aliphatic rings. The van der Waals surface area contributed by atoms with Gasteiger partial charge < -0.3 is 9.32 Å². The molecule has 0 bridgehead atoms. The van der Waals surface area contributed by atoms with Gasteiger partial charge in [-0.15, -0.1) is 0 Å². The van der Waals surface area contributed by atoms with Gasteiger partial charge in [-0.3, -0.25) is 4.79 Å². The molecule has 7 nitrogen and oxygen atoms in total. The van der Waals surface area contributed by atoms with Crippen LogP contribution in [0.3, 0.4) is 0 Å². The summed E-state index contributed by atoms with van der Waals surface area (Å²) in [6.07, 6.45) is 0. The van der Waals surface area contributed by atoms with E-state index in [0.29, 0.717) is 5.58 Å². The number of furan rings is 1. The fourth-order valence-electron chi connectivity index (χ4n) is 3.30. The molecule has 1 aliphatic heterocycles. The van der Waals surface area contributed by atoms with Crippen molar-refractivity contribution in [1.29, 1.82) is 5.26 Å². The minimum Gasteiger partial charge on any atom is -0.451 e. The minimum atomic E-state index is -3.79. The highest BCUT2D eigenvalue weighted by molar-refractivity contribution is 7.89. The fourth-order valence-corrected chi connectivity index (χ4v) is 4.86. The molecule has 1 saturated heterocycles. The number of benzene rings is 2. The summed E-state index contributed by atoms with van der Waals surface area (Å²) in [4.78, 5) is 14.3. The van der Waals surface area contributed by atoms with Crippen LogP contribution in [0.15, 0.2) is 63.9 Å². The van der Waals surface area contributed by atoms with Crippen molar-refractivity contribution in [3.05, 3.63) is 65.9 Å². The van der Waals surface area contributed by atoms with Crippen LogP contribution in [0.1, 0.15) is 16.1 Å². The number of para-hydroxylation sites is 1. The third-order valence-corrected chi connectivity index (χ3v) is 6.74. The summed E-state index contributed by atoms with van der Waals surface area (Å²) in [5.74, 6) is -0.0157. The summed E-state index contributed by atoms with van der Waals surface area (Å²) in [6, 6.07) is 17.1. The zero-order chi connectivity index (χ0) is 19.7. The van der Waals surface area contributed by atoms with E-state index in [1.165, 1.54) is 16.4 Å². The molecule has 0 aliphatic carbocycles. The molecule has 2 aromatic carbocycles. The van der Waals surface area contributed by atoms with Crippen LogP contribution < -0.4 is 0 Å². The Labute approximate surface area is 162 Å². The zero-order valence-electron chi connectivity index (χ0n) is 14.9. The molecular formula is C20H17N3O4S. The Morgan fingerprint density at radius 3 is 2.39 bits per heavy atom. The number of sulfonamides is 1. The van der Waals surface area contributed by atoms with Crippen molar-refractivity contribution in [3.63, 3.8) is 0 Å². The van der Waals surface area contributed by atoms with Crippen LogP contribution in [0.4, 0.5) is 0 Å². The highest BCUT2D eigenvalue weighted by atomic mass is 32.2. The van der Waals surface area contributed by atoms with Gasteiger partial charge in [0.25, 0.3) is 5.91 Å². The van der Waals surface area contributed by atoms with Crippen molar-refractivity contribution >= 4 is 26.9 Å². The minimum absolute atomic E-state index is 0.00504. The average Bonchev–Trinajstić information content (AvgIpc) is 3.17. The highest BCUT2D eigenvalue weighted by Crippen LogP contribution is 2.23. The lowest BCUT2D eigenvalue weighted by Crippen LogP contribution is -2.50. The van der Waals surface area contributed by atoms with E-state index >= 15 is 0 Å². The maximum Gasteiger partial charge on any atom is 0.289 e. The average molecular weight is 395 g/mol. The van der Waals surface area contributed by atoms with Gasteiger partial charge in [0.2, 0.25) is 10.0 Å². The Kier molecular flexibility index (Phi) is 4.63.